The van der Waals surface area contributed by atoms with Crippen molar-refractivity contribution >= 4 is 5.69 Å². The van der Waals surface area contributed by atoms with Crippen molar-refractivity contribution in [1.82, 2.24) is 5.32 Å². The van der Waals surface area contributed by atoms with E-state index in [0.29, 0.717) is 6.04 Å². The van der Waals surface area contributed by atoms with Gasteiger partial charge < -0.3 is 10.2 Å². The molecule has 0 spiro atoms. The maximum Gasteiger partial charge on any atom is 0.0368 e. The van der Waals surface area contributed by atoms with Crippen molar-refractivity contribution in [3.8, 4) is 0 Å². The zero-order valence-corrected chi connectivity index (χ0v) is 14.2. The van der Waals surface area contributed by atoms with Crippen LogP contribution < -0.4 is 10.2 Å². The van der Waals surface area contributed by atoms with Crippen LogP contribution in [0.5, 0.6) is 0 Å². The van der Waals surface area contributed by atoms with Gasteiger partial charge >= 0.3 is 0 Å². The van der Waals surface area contributed by atoms with E-state index in [1.54, 1.807) is 0 Å². The highest BCUT2D eigenvalue weighted by Crippen LogP contribution is 2.29. The van der Waals surface area contributed by atoms with Gasteiger partial charge in [0.2, 0.25) is 0 Å². The first-order valence-electron chi connectivity index (χ1n) is 8.65. The molecule has 1 aromatic rings. The molecule has 1 N–H and O–H groups in total. The monoisotopic (exact) mass is 288 g/mol. The topological polar surface area (TPSA) is 15.3 Å². The molecule has 1 fully saturated rings. The van der Waals surface area contributed by atoms with Crippen LogP contribution in [0, 0.1) is 5.92 Å². The van der Waals surface area contributed by atoms with E-state index in [4.69, 9.17) is 0 Å². The van der Waals surface area contributed by atoms with Crippen LogP contribution in [0.3, 0.4) is 0 Å². The fourth-order valence-electron chi connectivity index (χ4n) is 3.26. The zero-order valence-electron chi connectivity index (χ0n) is 14.2. The number of nitrogens with one attached hydrogen (secondary N) is 1. The lowest BCUT2D eigenvalue weighted by atomic mass is 10.1. The minimum Gasteiger partial charge on any atom is -0.369 e. The molecule has 1 aliphatic rings. The minimum absolute atomic E-state index is 0.426. The first kappa shape index (κ1) is 16.4. The van der Waals surface area contributed by atoms with Crippen LogP contribution in [0.2, 0.25) is 0 Å². The van der Waals surface area contributed by atoms with Crippen molar-refractivity contribution in [2.24, 2.45) is 5.92 Å². The van der Waals surface area contributed by atoms with Gasteiger partial charge in [0.25, 0.3) is 0 Å². The van der Waals surface area contributed by atoms with Crippen LogP contribution >= 0.6 is 0 Å². The van der Waals surface area contributed by atoms with Crippen LogP contribution in [0.4, 0.5) is 5.69 Å². The number of rotatable bonds is 7. The van der Waals surface area contributed by atoms with E-state index >= 15 is 0 Å². The molecule has 0 heterocycles. The van der Waals surface area contributed by atoms with Gasteiger partial charge in [-0.1, -0.05) is 38.8 Å². The molecule has 1 saturated carbocycles. The van der Waals surface area contributed by atoms with E-state index in [1.807, 2.05) is 7.05 Å². The zero-order chi connectivity index (χ0) is 15.2. The highest BCUT2D eigenvalue weighted by molar-refractivity contribution is 5.49. The lowest BCUT2D eigenvalue weighted by Gasteiger charge is -2.32. The number of hydrogen-bond acceptors (Lipinski definition) is 2. The molecule has 2 nitrogen and oxygen atoms in total. The van der Waals surface area contributed by atoms with Crippen LogP contribution in [0.15, 0.2) is 24.3 Å². The van der Waals surface area contributed by atoms with Crippen molar-refractivity contribution in [3.05, 3.63) is 29.8 Å². The van der Waals surface area contributed by atoms with Crippen LogP contribution in [0.1, 0.15) is 64.5 Å². The van der Waals surface area contributed by atoms with Crippen molar-refractivity contribution in [2.75, 3.05) is 18.5 Å². The van der Waals surface area contributed by atoms with Crippen molar-refractivity contribution in [2.45, 2.75) is 65.0 Å². The predicted molar refractivity (Wildman–Crippen MR) is 93.0 cm³/mol. The summed E-state index contributed by atoms with van der Waals surface area (Å²) in [7, 11) is 2.02. The molecule has 1 aromatic carbocycles. The Balaban J connectivity index is 2.11. The Morgan fingerprint density at radius 3 is 2.24 bits per heavy atom. The number of hydrogen-bond donors (Lipinski definition) is 1. The van der Waals surface area contributed by atoms with E-state index in [2.05, 4.69) is 55.3 Å². The second-order valence-corrected chi connectivity index (χ2v) is 6.92. The van der Waals surface area contributed by atoms with Crippen molar-refractivity contribution in [1.29, 1.82) is 0 Å². The first-order chi connectivity index (χ1) is 10.1. The highest BCUT2D eigenvalue weighted by Gasteiger charge is 2.22. The van der Waals surface area contributed by atoms with E-state index < -0.39 is 0 Å². The second kappa shape index (κ2) is 7.84. The lowest BCUT2D eigenvalue weighted by molar-refractivity contribution is 0.528. The Bertz CT molecular complexity index is 404. The maximum absolute atomic E-state index is 3.31. The Hall–Kier alpha value is -1.02. The number of nitrogens with zero attached hydrogens (tertiary/aromatic N) is 1. The quantitative estimate of drug-likeness (QED) is 0.778. The summed E-state index contributed by atoms with van der Waals surface area (Å²) in [5.41, 5.74) is 2.78. The minimum atomic E-state index is 0.426. The SMILES string of the molecule is CNC(C)c1ccc(N(CCC(C)C)C2CCCC2)cc1. The Kier molecular flexibility index (Phi) is 6.10. The molecule has 0 aromatic heterocycles. The summed E-state index contributed by atoms with van der Waals surface area (Å²) in [5, 5.41) is 3.31. The summed E-state index contributed by atoms with van der Waals surface area (Å²) in [5.74, 6) is 0.775. The second-order valence-electron chi connectivity index (χ2n) is 6.92. The fourth-order valence-corrected chi connectivity index (χ4v) is 3.26. The number of anilines is 1. The van der Waals surface area contributed by atoms with Crippen LogP contribution in [-0.4, -0.2) is 19.6 Å². The largest absolute Gasteiger partial charge is 0.369 e. The van der Waals surface area contributed by atoms with Gasteiger partial charge in [-0.15, -0.1) is 0 Å². The van der Waals surface area contributed by atoms with Crippen LogP contribution in [0.25, 0.3) is 0 Å². The fraction of sp³-hybridized carbons (Fsp3) is 0.684. The van der Waals surface area contributed by atoms with Gasteiger partial charge in [-0.25, -0.2) is 0 Å². The molecule has 0 amide bonds. The van der Waals surface area contributed by atoms with Gasteiger partial charge in [0.15, 0.2) is 0 Å². The number of benzene rings is 1. The van der Waals surface area contributed by atoms with E-state index in [0.717, 1.165) is 12.0 Å². The molecule has 1 atom stereocenters. The van der Waals surface area contributed by atoms with Crippen LogP contribution in [-0.2, 0) is 0 Å². The summed E-state index contributed by atoms with van der Waals surface area (Å²) in [6.07, 6.45) is 6.82. The smallest absolute Gasteiger partial charge is 0.0368 e. The predicted octanol–water partition coefficient (Wildman–Crippen LogP) is 4.76. The molecule has 2 heteroatoms. The molecule has 1 unspecified atom stereocenters. The Morgan fingerprint density at radius 2 is 1.71 bits per heavy atom. The summed E-state index contributed by atoms with van der Waals surface area (Å²) < 4.78 is 0. The van der Waals surface area contributed by atoms with Crippen molar-refractivity contribution < 1.29 is 0 Å². The van der Waals surface area contributed by atoms with Gasteiger partial charge in [0, 0.05) is 24.3 Å². The molecule has 0 radical (unpaired) electrons. The van der Waals surface area contributed by atoms with Gasteiger partial charge in [-0.2, -0.15) is 0 Å². The molecular weight excluding hydrogens is 256 g/mol. The summed E-state index contributed by atoms with van der Waals surface area (Å²) in [6.45, 7) is 8.06. The molecule has 0 aliphatic heterocycles. The molecule has 2 rings (SSSR count). The molecular formula is C19H32N2. The Morgan fingerprint density at radius 1 is 1.10 bits per heavy atom. The maximum atomic E-state index is 3.31. The normalized spacial score (nSPS) is 17.4. The average Bonchev–Trinajstić information content (AvgIpc) is 3.01. The summed E-state index contributed by atoms with van der Waals surface area (Å²) in [6, 6.07) is 10.4. The molecule has 0 saturated heterocycles. The third kappa shape index (κ3) is 4.47. The first-order valence-corrected chi connectivity index (χ1v) is 8.65. The standard InChI is InChI=1S/C19H32N2/c1-15(2)13-14-21(18-7-5-6-8-18)19-11-9-17(10-12-19)16(3)20-4/h9-12,15-16,18,20H,5-8,13-14H2,1-4H3. The molecule has 118 valence electrons. The van der Waals surface area contributed by atoms with Gasteiger partial charge in [-0.3, -0.25) is 0 Å². The Labute approximate surface area is 130 Å². The third-order valence-electron chi connectivity index (χ3n) is 4.87. The third-order valence-corrected chi connectivity index (χ3v) is 4.87. The molecule has 1 aliphatic carbocycles. The van der Waals surface area contributed by atoms with E-state index in [9.17, 15) is 0 Å². The summed E-state index contributed by atoms with van der Waals surface area (Å²) >= 11 is 0. The van der Waals surface area contributed by atoms with Gasteiger partial charge in [-0.05, 0) is 56.8 Å². The highest BCUT2D eigenvalue weighted by atomic mass is 15.2. The molecule has 0 bridgehead atoms. The van der Waals surface area contributed by atoms with E-state index in [1.165, 1.54) is 49.9 Å². The van der Waals surface area contributed by atoms with Crippen molar-refractivity contribution in [3.63, 3.8) is 0 Å². The van der Waals surface area contributed by atoms with Gasteiger partial charge in [0.05, 0.1) is 0 Å². The van der Waals surface area contributed by atoms with E-state index in [-0.39, 0.29) is 0 Å². The lowest BCUT2D eigenvalue weighted by Crippen LogP contribution is -2.34. The summed E-state index contributed by atoms with van der Waals surface area (Å²) in [4.78, 5) is 2.67. The average molecular weight is 288 g/mol. The van der Waals surface area contributed by atoms with Gasteiger partial charge in [0.1, 0.15) is 0 Å². The molecule has 21 heavy (non-hydrogen) atoms.